The molecule has 1 heterocycles. The molecule has 6 heteroatoms. The molecule has 0 N–H and O–H groups in total. The summed E-state index contributed by atoms with van der Waals surface area (Å²) in [7, 11) is 0. The van der Waals surface area contributed by atoms with Gasteiger partial charge < -0.3 is 0 Å². The zero-order valence-corrected chi connectivity index (χ0v) is 17.3. The minimum absolute atomic E-state index is 0.146. The van der Waals surface area contributed by atoms with Crippen LogP contribution in [0.5, 0.6) is 0 Å². The van der Waals surface area contributed by atoms with Crippen LogP contribution in [0, 0.1) is 19.8 Å². The van der Waals surface area contributed by atoms with Crippen LogP contribution < -0.4 is 0 Å². The Kier molecular flexibility index (Phi) is 5.68. The number of fused-ring (bicyclic) bond motifs is 1. The first-order valence-corrected chi connectivity index (χ1v) is 10.3. The molecule has 1 amide bonds. The average Bonchev–Trinajstić information content (AvgIpc) is 3.15. The Hall–Kier alpha value is -3.37. The lowest BCUT2D eigenvalue weighted by Gasteiger charge is -2.29. The third kappa shape index (κ3) is 4.00. The second kappa shape index (κ2) is 8.56. The molecule has 1 aliphatic heterocycles. The first-order chi connectivity index (χ1) is 14.6. The largest absolute Gasteiger partial charge is 0.273 e. The number of hydrogen-bond donors (Lipinski definition) is 0. The van der Waals surface area contributed by atoms with Crippen LogP contribution in [0.4, 0.5) is 0 Å². The standard InChI is InChI=1S/C24H25N5O/c1-16-6-10-18(11-7-16)14-20-4-3-5-21-23(20)27-29(22(30)15-26-28-25)24(21)19-12-8-17(2)9-13-19/h6-14,21,24H,3-5,15H2,1-2H3/b20-14-/t21-,24+/m0/s1. The van der Waals surface area contributed by atoms with E-state index < -0.39 is 0 Å². The molecule has 2 aromatic rings. The van der Waals surface area contributed by atoms with Gasteiger partial charge in [-0.1, -0.05) is 64.8 Å². The number of rotatable bonds is 4. The maximum absolute atomic E-state index is 12.8. The summed E-state index contributed by atoms with van der Waals surface area (Å²) in [4.78, 5) is 15.6. The van der Waals surface area contributed by atoms with Crippen LogP contribution in [0.1, 0.15) is 47.6 Å². The van der Waals surface area contributed by atoms with Gasteiger partial charge in [0.15, 0.2) is 0 Å². The Labute approximate surface area is 176 Å². The molecule has 0 spiro atoms. The number of allylic oxidation sites excluding steroid dienone is 1. The molecule has 1 fully saturated rings. The molecule has 4 rings (SSSR count). The first kappa shape index (κ1) is 19.9. The molecule has 0 bridgehead atoms. The van der Waals surface area contributed by atoms with Gasteiger partial charge in [0.2, 0.25) is 5.91 Å². The van der Waals surface area contributed by atoms with Crippen molar-refractivity contribution in [2.75, 3.05) is 6.54 Å². The predicted molar refractivity (Wildman–Crippen MR) is 119 cm³/mol. The van der Waals surface area contributed by atoms with Crippen molar-refractivity contribution < 1.29 is 4.79 Å². The highest BCUT2D eigenvalue weighted by Crippen LogP contribution is 2.44. The Balaban J connectivity index is 1.73. The lowest BCUT2D eigenvalue weighted by Crippen LogP contribution is -2.33. The van der Waals surface area contributed by atoms with Gasteiger partial charge in [0.1, 0.15) is 6.54 Å². The van der Waals surface area contributed by atoms with Crippen molar-refractivity contribution in [3.8, 4) is 0 Å². The number of hydrogen-bond acceptors (Lipinski definition) is 3. The summed E-state index contributed by atoms with van der Waals surface area (Å²) >= 11 is 0. The van der Waals surface area contributed by atoms with Gasteiger partial charge >= 0.3 is 0 Å². The summed E-state index contributed by atoms with van der Waals surface area (Å²) in [6.07, 6.45) is 5.18. The van der Waals surface area contributed by atoms with E-state index in [1.165, 1.54) is 16.7 Å². The quantitative estimate of drug-likeness (QED) is 0.367. The van der Waals surface area contributed by atoms with E-state index in [9.17, 15) is 4.79 Å². The number of aryl methyl sites for hydroxylation is 2. The molecule has 1 aliphatic carbocycles. The van der Waals surface area contributed by atoms with Crippen molar-refractivity contribution in [3.63, 3.8) is 0 Å². The maximum atomic E-state index is 12.8. The van der Waals surface area contributed by atoms with Crippen LogP contribution in [-0.2, 0) is 4.79 Å². The first-order valence-electron chi connectivity index (χ1n) is 10.3. The van der Waals surface area contributed by atoms with Crippen molar-refractivity contribution in [1.82, 2.24) is 5.01 Å². The molecule has 1 saturated carbocycles. The minimum atomic E-state index is -0.269. The molecule has 30 heavy (non-hydrogen) atoms. The number of nitrogens with zero attached hydrogens (tertiary/aromatic N) is 5. The lowest BCUT2D eigenvalue weighted by molar-refractivity contribution is -0.132. The molecule has 0 aromatic heterocycles. The number of hydrazone groups is 1. The second-order valence-electron chi connectivity index (χ2n) is 8.05. The number of carbonyl (C=O) groups excluding carboxylic acids is 1. The van der Waals surface area contributed by atoms with Gasteiger partial charge in [-0.05, 0) is 61.4 Å². The van der Waals surface area contributed by atoms with Crippen molar-refractivity contribution in [1.29, 1.82) is 0 Å². The Bertz CT molecular complexity index is 1050. The number of azide groups is 1. The van der Waals surface area contributed by atoms with Crippen molar-refractivity contribution >= 4 is 17.7 Å². The summed E-state index contributed by atoms with van der Waals surface area (Å²) in [6, 6.07) is 16.6. The third-order valence-corrected chi connectivity index (χ3v) is 5.86. The smallest absolute Gasteiger partial charge is 0.249 e. The van der Waals surface area contributed by atoms with Gasteiger partial charge in [-0.3, -0.25) is 4.79 Å². The minimum Gasteiger partial charge on any atom is -0.273 e. The van der Waals surface area contributed by atoms with Crippen LogP contribution in [0.25, 0.3) is 16.5 Å². The van der Waals surface area contributed by atoms with Crippen LogP contribution in [-0.4, -0.2) is 23.2 Å². The molecule has 2 aliphatic rings. The number of carbonyl (C=O) groups is 1. The van der Waals surface area contributed by atoms with E-state index >= 15 is 0 Å². The summed E-state index contributed by atoms with van der Waals surface area (Å²) in [5, 5.41) is 9.81. The summed E-state index contributed by atoms with van der Waals surface area (Å²) in [5.74, 6) is -0.122. The van der Waals surface area contributed by atoms with Crippen LogP contribution in [0.3, 0.4) is 0 Å². The van der Waals surface area contributed by atoms with Gasteiger partial charge in [-0.15, -0.1) is 0 Å². The fraction of sp³-hybridized carbons (Fsp3) is 0.333. The summed E-state index contributed by atoms with van der Waals surface area (Å²) in [6.45, 7) is 3.90. The number of amides is 1. The summed E-state index contributed by atoms with van der Waals surface area (Å²) < 4.78 is 0. The maximum Gasteiger partial charge on any atom is 0.249 e. The van der Waals surface area contributed by atoms with Gasteiger partial charge in [-0.2, -0.15) is 5.10 Å². The monoisotopic (exact) mass is 399 g/mol. The second-order valence-corrected chi connectivity index (χ2v) is 8.05. The molecular weight excluding hydrogens is 374 g/mol. The Morgan fingerprint density at radius 2 is 1.83 bits per heavy atom. The zero-order chi connectivity index (χ0) is 21.1. The highest BCUT2D eigenvalue weighted by Gasteiger charge is 2.43. The average molecular weight is 399 g/mol. The highest BCUT2D eigenvalue weighted by atomic mass is 16.2. The molecule has 2 aromatic carbocycles. The van der Waals surface area contributed by atoms with E-state index in [2.05, 4.69) is 71.6 Å². The van der Waals surface area contributed by atoms with E-state index in [0.29, 0.717) is 0 Å². The Morgan fingerprint density at radius 1 is 1.17 bits per heavy atom. The molecule has 2 atom stereocenters. The molecular formula is C24H25N5O. The molecule has 152 valence electrons. The SMILES string of the molecule is Cc1ccc(/C=C2/CCC[C@H]3C2=NN(C(=O)CN=[N+]=[N-])[C@@H]3c2ccc(C)cc2)cc1. The normalized spacial score (nSPS) is 21.7. The van der Waals surface area contributed by atoms with Crippen LogP contribution >= 0.6 is 0 Å². The van der Waals surface area contributed by atoms with E-state index in [1.54, 1.807) is 5.01 Å². The van der Waals surface area contributed by atoms with Crippen molar-refractivity contribution in [2.24, 2.45) is 16.1 Å². The van der Waals surface area contributed by atoms with Crippen molar-refractivity contribution in [3.05, 3.63) is 86.8 Å². The predicted octanol–water partition coefficient (Wildman–Crippen LogP) is 5.74. The van der Waals surface area contributed by atoms with Gasteiger partial charge in [0, 0.05) is 10.8 Å². The van der Waals surface area contributed by atoms with Crippen LogP contribution in [0.2, 0.25) is 0 Å². The fourth-order valence-electron chi connectivity index (χ4n) is 4.33. The summed E-state index contributed by atoms with van der Waals surface area (Å²) in [5.41, 5.74) is 15.4. The zero-order valence-electron chi connectivity index (χ0n) is 17.3. The Morgan fingerprint density at radius 3 is 2.50 bits per heavy atom. The lowest BCUT2D eigenvalue weighted by atomic mass is 9.77. The van der Waals surface area contributed by atoms with Gasteiger partial charge in [-0.25, -0.2) is 5.01 Å². The van der Waals surface area contributed by atoms with Crippen LogP contribution in [0.15, 0.2) is 64.3 Å². The van der Waals surface area contributed by atoms with Crippen molar-refractivity contribution in [2.45, 2.75) is 39.2 Å². The fourth-order valence-corrected chi connectivity index (χ4v) is 4.33. The molecule has 0 unspecified atom stereocenters. The molecule has 0 saturated heterocycles. The van der Waals surface area contributed by atoms with Gasteiger partial charge in [0.05, 0.1) is 11.8 Å². The van der Waals surface area contributed by atoms with E-state index in [-0.39, 0.29) is 24.4 Å². The van der Waals surface area contributed by atoms with Gasteiger partial charge in [0.25, 0.3) is 0 Å². The molecule has 6 nitrogen and oxygen atoms in total. The number of benzene rings is 2. The highest BCUT2D eigenvalue weighted by molar-refractivity contribution is 6.08. The van der Waals surface area contributed by atoms with E-state index in [0.717, 1.165) is 36.1 Å². The van der Waals surface area contributed by atoms with E-state index in [1.807, 2.05) is 6.92 Å². The van der Waals surface area contributed by atoms with E-state index in [4.69, 9.17) is 10.6 Å². The topological polar surface area (TPSA) is 81.4 Å². The molecule has 0 radical (unpaired) electrons. The third-order valence-electron chi connectivity index (χ3n) is 5.86.